The van der Waals surface area contributed by atoms with Crippen molar-refractivity contribution in [2.24, 2.45) is 0 Å². The second kappa shape index (κ2) is 7.20. The second-order valence-corrected chi connectivity index (χ2v) is 8.66. The first-order valence-corrected chi connectivity index (χ1v) is 9.86. The first-order valence-electron chi connectivity index (χ1n) is 9.86. The van der Waals surface area contributed by atoms with Crippen LogP contribution in [0.4, 0.5) is 0 Å². The van der Waals surface area contributed by atoms with Gasteiger partial charge in [0.05, 0.1) is 43.4 Å². The maximum absolute atomic E-state index is 12.3. The Morgan fingerprint density at radius 1 is 1.22 bits per heavy atom. The Morgan fingerprint density at radius 2 is 2.07 bits per heavy atom. The lowest BCUT2D eigenvalue weighted by Gasteiger charge is -2.25. The summed E-state index contributed by atoms with van der Waals surface area (Å²) >= 11 is 0. The maximum Gasteiger partial charge on any atom is 0.266 e. The molecule has 1 fully saturated rings. The van der Waals surface area contributed by atoms with E-state index in [4.69, 9.17) is 9.84 Å². The van der Waals surface area contributed by atoms with Crippen LogP contribution in [0.5, 0.6) is 0 Å². The van der Waals surface area contributed by atoms with E-state index in [-0.39, 0.29) is 11.0 Å². The van der Waals surface area contributed by atoms with Crippen molar-refractivity contribution in [1.82, 2.24) is 24.5 Å². The van der Waals surface area contributed by atoms with Crippen LogP contribution in [0.25, 0.3) is 0 Å². The quantitative estimate of drug-likeness (QED) is 0.822. The summed E-state index contributed by atoms with van der Waals surface area (Å²) in [6, 6.07) is 5.97. The molecule has 4 rings (SSSR count). The molecule has 0 aliphatic carbocycles. The van der Waals surface area contributed by atoms with Crippen molar-refractivity contribution in [1.29, 1.82) is 0 Å². The summed E-state index contributed by atoms with van der Waals surface area (Å²) in [4.78, 5) is 14.8. The Hall–Kier alpha value is -1.99. The first kappa shape index (κ1) is 18.4. The third-order valence-corrected chi connectivity index (χ3v) is 5.49. The van der Waals surface area contributed by atoms with E-state index in [1.54, 1.807) is 10.7 Å². The normalized spacial score (nSPS) is 20.8. The van der Waals surface area contributed by atoms with Crippen LogP contribution in [-0.2, 0) is 36.4 Å². The van der Waals surface area contributed by atoms with Crippen molar-refractivity contribution in [3.63, 3.8) is 0 Å². The fourth-order valence-corrected chi connectivity index (χ4v) is 3.93. The van der Waals surface area contributed by atoms with Crippen LogP contribution < -0.4 is 5.56 Å². The molecule has 27 heavy (non-hydrogen) atoms. The molecule has 1 saturated heterocycles. The van der Waals surface area contributed by atoms with Gasteiger partial charge in [-0.25, -0.2) is 4.68 Å². The second-order valence-electron chi connectivity index (χ2n) is 8.66. The summed E-state index contributed by atoms with van der Waals surface area (Å²) in [5.41, 5.74) is 3.11. The molecule has 0 bridgehead atoms. The fraction of sp³-hybridized carbons (Fsp3) is 0.650. The third kappa shape index (κ3) is 3.99. The first-order chi connectivity index (χ1) is 12.9. The van der Waals surface area contributed by atoms with E-state index in [1.807, 2.05) is 6.07 Å². The Morgan fingerprint density at radius 3 is 2.85 bits per heavy atom. The summed E-state index contributed by atoms with van der Waals surface area (Å²) in [5.74, 6) is 0. The zero-order chi connectivity index (χ0) is 19.0. The molecule has 2 aliphatic heterocycles. The lowest BCUT2D eigenvalue weighted by atomic mass is 9.92. The summed E-state index contributed by atoms with van der Waals surface area (Å²) in [6.07, 6.45) is 2.24. The highest BCUT2D eigenvalue weighted by Gasteiger charge is 2.27. The monoisotopic (exact) mass is 371 g/mol. The number of rotatable bonds is 4. The van der Waals surface area contributed by atoms with Crippen LogP contribution in [-0.4, -0.2) is 43.7 Å². The number of ether oxygens (including phenoxy) is 1. The molecular formula is C20H29N5O2. The van der Waals surface area contributed by atoms with Gasteiger partial charge in [0, 0.05) is 24.1 Å². The summed E-state index contributed by atoms with van der Waals surface area (Å²) in [5, 5.41) is 9.37. The Balaban J connectivity index is 1.49. The van der Waals surface area contributed by atoms with Gasteiger partial charge in [0.15, 0.2) is 0 Å². The molecule has 0 N–H and O–H groups in total. The molecule has 0 spiro atoms. The molecule has 1 unspecified atom stereocenters. The predicted molar refractivity (Wildman–Crippen MR) is 103 cm³/mol. The highest BCUT2D eigenvalue weighted by molar-refractivity contribution is 5.12. The molecule has 0 amide bonds. The summed E-state index contributed by atoms with van der Waals surface area (Å²) in [6.45, 7) is 11.1. The van der Waals surface area contributed by atoms with Crippen molar-refractivity contribution in [3.05, 3.63) is 45.6 Å². The van der Waals surface area contributed by atoms with Crippen LogP contribution in [0.1, 0.15) is 50.7 Å². The lowest BCUT2D eigenvalue weighted by Crippen LogP contribution is -2.37. The standard InChI is InChI=1S/C20H29N5O2/c1-20(2,3)18-6-7-19(26)25(22-18)13-16-5-4-8-23(16)12-15-11-17-14-27-10-9-24(17)21-15/h6-7,11,16H,4-5,8-10,12-14H2,1-3H3. The molecule has 4 heterocycles. The largest absolute Gasteiger partial charge is 0.373 e. The Labute approximate surface area is 159 Å². The number of hydrogen-bond donors (Lipinski definition) is 0. The van der Waals surface area contributed by atoms with Gasteiger partial charge in [-0.1, -0.05) is 20.8 Å². The van der Waals surface area contributed by atoms with E-state index in [0.29, 0.717) is 19.2 Å². The molecule has 0 radical (unpaired) electrons. The highest BCUT2D eigenvalue weighted by atomic mass is 16.5. The minimum absolute atomic E-state index is 0.0237. The fourth-order valence-electron chi connectivity index (χ4n) is 3.93. The van der Waals surface area contributed by atoms with Gasteiger partial charge < -0.3 is 4.74 Å². The molecule has 2 aromatic rings. The van der Waals surface area contributed by atoms with Crippen molar-refractivity contribution in [2.45, 2.75) is 71.3 Å². The topological polar surface area (TPSA) is 65.2 Å². The van der Waals surface area contributed by atoms with E-state index in [9.17, 15) is 4.79 Å². The zero-order valence-corrected chi connectivity index (χ0v) is 16.5. The minimum Gasteiger partial charge on any atom is -0.373 e. The van der Waals surface area contributed by atoms with Crippen molar-refractivity contribution in [2.75, 3.05) is 13.2 Å². The van der Waals surface area contributed by atoms with Crippen molar-refractivity contribution < 1.29 is 4.74 Å². The van der Waals surface area contributed by atoms with E-state index < -0.39 is 0 Å². The number of likely N-dealkylation sites (tertiary alicyclic amines) is 1. The van der Waals surface area contributed by atoms with Gasteiger partial charge in [-0.2, -0.15) is 10.2 Å². The molecule has 146 valence electrons. The lowest BCUT2D eigenvalue weighted by molar-refractivity contribution is 0.0799. The van der Waals surface area contributed by atoms with Gasteiger partial charge in [0.2, 0.25) is 0 Å². The summed E-state index contributed by atoms with van der Waals surface area (Å²) < 4.78 is 9.22. The molecular weight excluding hydrogens is 342 g/mol. The predicted octanol–water partition coefficient (Wildman–Crippen LogP) is 1.93. The van der Waals surface area contributed by atoms with Gasteiger partial charge >= 0.3 is 0 Å². The minimum atomic E-state index is -0.0671. The maximum atomic E-state index is 12.3. The molecule has 2 aliphatic rings. The Bertz CT molecular complexity index is 840. The number of hydrogen-bond acceptors (Lipinski definition) is 5. The van der Waals surface area contributed by atoms with E-state index >= 15 is 0 Å². The molecule has 7 heteroatoms. The van der Waals surface area contributed by atoms with Gasteiger partial charge in [-0.05, 0) is 31.5 Å². The molecule has 7 nitrogen and oxygen atoms in total. The third-order valence-electron chi connectivity index (χ3n) is 5.49. The van der Waals surface area contributed by atoms with Gasteiger partial charge in [0.25, 0.3) is 5.56 Å². The van der Waals surface area contributed by atoms with E-state index in [0.717, 1.165) is 56.2 Å². The average molecular weight is 371 g/mol. The van der Waals surface area contributed by atoms with Gasteiger partial charge in [-0.3, -0.25) is 14.4 Å². The van der Waals surface area contributed by atoms with Crippen LogP contribution in [0, 0.1) is 0 Å². The SMILES string of the molecule is CC(C)(C)c1ccc(=O)n(CC2CCCN2Cc2cc3n(n2)CCOC3)n1. The number of aromatic nitrogens is 4. The van der Waals surface area contributed by atoms with E-state index in [2.05, 4.69) is 41.5 Å². The zero-order valence-electron chi connectivity index (χ0n) is 16.5. The smallest absolute Gasteiger partial charge is 0.266 e. The Kier molecular flexibility index (Phi) is 4.90. The molecule has 0 aromatic carbocycles. The van der Waals surface area contributed by atoms with Crippen molar-refractivity contribution in [3.8, 4) is 0 Å². The molecule has 0 saturated carbocycles. The van der Waals surface area contributed by atoms with Gasteiger partial charge in [0.1, 0.15) is 0 Å². The van der Waals surface area contributed by atoms with E-state index in [1.165, 1.54) is 0 Å². The van der Waals surface area contributed by atoms with Crippen LogP contribution in [0.15, 0.2) is 23.0 Å². The summed E-state index contributed by atoms with van der Waals surface area (Å²) in [7, 11) is 0. The van der Waals surface area contributed by atoms with Crippen LogP contribution >= 0.6 is 0 Å². The number of fused-ring (bicyclic) bond motifs is 1. The average Bonchev–Trinajstić information content (AvgIpc) is 3.22. The molecule has 2 aromatic heterocycles. The molecule has 1 atom stereocenters. The van der Waals surface area contributed by atoms with Crippen LogP contribution in [0.2, 0.25) is 0 Å². The number of nitrogens with zero attached hydrogens (tertiary/aromatic N) is 5. The van der Waals surface area contributed by atoms with Crippen molar-refractivity contribution >= 4 is 0 Å². The van der Waals surface area contributed by atoms with Gasteiger partial charge in [-0.15, -0.1) is 0 Å². The van der Waals surface area contributed by atoms with Crippen LogP contribution in [0.3, 0.4) is 0 Å². The highest BCUT2D eigenvalue weighted by Crippen LogP contribution is 2.23.